The Kier molecular flexibility index (Phi) is 4.78. The topological polar surface area (TPSA) is 75.9 Å². The Labute approximate surface area is 155 Å². The van der Waals surface area contributed by atoms with E-state index in [9.17, 15) is 9.59 Å². The number of rotatable bonds is 5. The van der Waals surface area contributed by atoms with Gasteiger partial charge in [-0.25, -0.2) is 4.98 Å². The molecule has 26 heavy (non-hydrogen) atoms. The number of fused-ring (bicyclic) bond motifs is 4. The van der Waals surface area contributed by atoms with E-state index in [0.29, 0.717) is 25.4 Å². The van der Waals surface area contributed by atoms with Crippen LogP contribution >= 0.6 is 11.3 Å². The summed E-state index contributed by atoms with van der Waals surface area (Å²) in [5, 5.41) is 2.00. The van der Waals surface area contributed by atoms with Gasteiger partial charge in [0, 0.05) is 30.6 Å². The number of amides is 1. The highest BCUT2D eigenvalue weighted by molar-refractivity contribution is 7.07. The third-order valence-electron chi connectivity index (χ3n) is 5.14. The van der Waals surface area contributed by atoms with Crippen LogP contribution in [0.5, 0.6) is 5.75 Å². The van der Waals surface area contributed by atoms with Crippen molar-refractivity contribution >= 4 is 17.2 Å². The van der Waals surface area contributed by atoms with E-state index in [0.717, 1.165) is 25.1 Å². The van der Waals surface area contributed by atoms with Gasteiger partial charge in [0.25, 0.3) is 0 Å². The molecule has 2 bridgehead atoms. The summed E-state index contributed by atoms with van der Waals surface area (Å²) in [6.45, 7) is 2.57. The van der Waals surface area contributed by atoms with E-state index >= 15 is 0 Å². The second-order valence-corrected chi connectivity index (χ2v) is 7.57. The van der Waals surface area contributed by atoms with Crippen LogP contribution in [0.15, 0.2) is 32.4 Å². The first-order chi connectivity index (χ1) is 12.6. The first kappa shape index (κ1) is 17.2. The van der Waals surface area contributed by atoms with Gasteiger partial charge in [-0.1, -0.05) is 0 Å². The summed E-state index contributed by atoms with van der Waals surface area (Å²) in [5.74, 6) is 1.01. The van der Waals surface area contributed by atoms with Gasteiger partial charge >= 0.3 is 0 Å². The molecule has 3 saturated heterocycles. The zero-order valence-corrected chi connectivity index (χ0v) is 15.4. The smallest absolute Gasteiger partial charge is 0.227 e. The minimum absolute atomic E-state index is 0.00245. The lowest BCUT2D eigenvalue weighted by Crippen LogP contribution is -2.47. The standard InChI is InChI=1S/C18H21N3O4S/c1-24-17-9-25-15(4-16(17)22)8-20-5-12-2-3-14(7-20)21(18(12)23)6-13-10-26-11-19-13/h4,9-12,14H,2-3,5-8H2,1H3/t12-,14+/m0/s1. The number of thiazole rings is 1. The molecule has 0 aromatic carbocycles. The predicted octanol–water partition coefficient (Wildman–Crippen LogP) is 1.73. The zero-order valence-electron chi connectivity index (χ0n) is 14.6. The molecular weight excluding hydrogens is 354 g/mol. The third kappa shape index (κ3) is 3.39. The lowest BCUT2D eigenvalue weighted by molar-refractivity contribution is -0.140. The Bertz CT molecular complexity index is 835. The van der Waals surface area contributed by atoms with Crippen LogP contribution in [-0.2, 0) is 17.9 Å². The molecule has 3 fully saturated rings. The van der Waals surface area contributed by atoms with Crippen molar-refractivity contribution in [2.75, 3.05) is 20.2 Å². The van der Waals surface area contributed by atoms with E-state index in [1.54, 1.807) is 16.8 Å². The predicted molar refractivity (Wildman–Crippen MR) is 96.0 cm³/mol. The number of ether oxygens (including phenoxy) is 1. The van der Waals surface area contributed by atoms with E-state index in [2.05, 4.69) is 9.88 Å². The number of carbonyl (C=O) groups is 1. The normalized spacial score (nSPS) is 23.3. The maximum absolute atomic E-state index is 12.9. The highest BCUT2D eigenvalue weighted by Crippen LogP contribution is 2.31. The molecule has 2 aromatic heterocycles. The highest BCUT2D eigenvalue weighted by atomic mass is 32.1. The number of methoxy groups -OCH3 is 1. The molecule has 2 aromatic rings. The monoisotopic (exact) mass is 375 g/mol. The summed E-state index contributed by atoms with van der Waals surface area (Å²) in [6.07, 6.45) is 3.27. The Balaban J connectivity index is 1.49. The largest absolute Gasteiger partial charge is 0.490 e. The van der Waals surface area contributed by atoms with E-state index in [-0.39, 0.29) is 29.0 Å². The molecular formula is C18H21N3O4S. The second-order valence-electron chi connectivity index (χ2n) is 6.85. The molecule has 0 radical (unpaired) electrons. The Morgan fingerprint density at radius 3 is 2.92 bits per heavy atom. The molecule has 5 rings (SSSR count). The van der Waals surface area contributed by atoms with Gasteiger partial charge < -0.3 is 14.1 Å². The Hall–Kier alpha value is -2.19. The number of carbonyl (C=O) groups excluding carboxylic acids is 1. The maximum Gasteiger partial charge on any atom is 0.227 e. The van der Waals surface area contributed by atoms with Crippen LogP contribution in [0.3, 0.4) is 0 Å². The summed E-state index contributed by atoms with van der Waals surface area (Å²) < 4.78 is 10.5. The van der Waals surface area contributed by atoms with E-state index < -0.39 is 0 Å². The van der Waals surface area contributed by atoms with Crippen LogP contribution in [0.1, 0.15) is 24.3 Å². The van der Waals surface area contributed by atoms with Gasteiger partial charge in [0.1, 0.15) is 12.0 Å². The van der Waals surface area contributed by atoms with Crippen molar-refractivity contribution in [2.24, 2.45) is 5.92 Å². The minimum atomic E-state index is -0.187. The first-order valence-electron chi connectivity index (χ1n) is 8.69. The van der Waals surface area contributed by atoms with Crippen LogP contribution < -0.4 is 10.2 Å². The fraction of sp³-hybridized carbons (Fsp3) is 0.500. The number of aromatic nitrogens is 1. The Morgan fingerprint density at radius 1 is 1.31 bits per heavy atom. The van der Waals surface area contributed by atoms with Crippen LogP contribution in [0.2, 0.25) is 0 Å². The quantitative estimate of drug-likeness (QED) is 0.792. The van der Waals surface area contributed by atoms with Gasteiger partial charge in [-0.2, -0.15) is 0 Å². The fourth-order valence-electron chi connectivity index (χ4n) is 3.85. The van der Waals surface area contributed by atoms with Gasteiger partial charge in [-0.3, -0.25) is 14.5 Å². The van der Waals surface area contributed by atoms with Crippen molar-refractivity contribution in [3.05, 3.63) is 44.9 Å². The molecule has 0 N–H and O–H groups in total. The first-order valence-corrected chi connectivity index (χ1v) is 9.64. The maximum atomic E-state index is 12.9. The molecule has 1 amide bonds. The molecule has 7 nitrogen and oxygen atoms in total. The van der Waals surface area contributed by atoms with Crippen molar-refractivity contribution in [3.8, 4) is 5.75 Å². The molecule has 0 spiro atoms. The molecule has 0 aliphatic carbocycles. The lowest BCUT2D eigenvalue weighted by atomic mass is 9.94. The van der Waals surface area contributed by atoms with Gasteiger partial charge in [0.05, 0.1) is 37.3 Å². The van der Waals surface area contributed by atoms with Crippen LogP contribution in [0, 0.1) is 5.92 Å². The van der Waals surface area contributed by atoms with Gasteiger partial charge in [0.15, 0.2) is 0 Å². The average molecular weight is 375 g/mol. The highest BCUT2D eigenvalue weighted by Gasteiger charge is 2.40. The van der Waals surface area contributed by atoms with Crippen molar-refractivity contribution < 1.29 is 13.9 Å². The lowest BCUT2D eigenvalue weighted by Gasteiger charge is -2.35. The summed E-state index contributed by atoms with van der Waals surface area (Å²) in [6, 6.07) is 1.65. The van der Waals surface area contributed by atoms with Crippen molar-refractivity contribution in [3.63, 3.8) is 0 Å². The SMILES string of the molecule is COc1coc(CN2C[C@@H]3CC[C@H](C2)N(Cc2cscn2)C3=O)cc1=O. The fourth-order valence-corrected chi connectivity index (χ4v) is 4.40. The van der Waals surface area contributed by atoms with Gasteiger partial charge in [-0.15, -0.1) is 11.3 Å². The van der Waals surface area contributed by atoms with Crippen molar-refractivity contribution in [1.29, 1.82) is 0 Å². The number of hydrogen-bond donors (Lipinski definition) is 0. The number of hydrogen-bond acceptors (Lipinski definition) is 7. The van der Waals surface area contributed by atoms with Crippen molar-refractivity contribution in [2.45, 2.75) is 32.0 Å². The molecule has 3 aliphatic rings. The second kappa shape index (κ2) is 7.20. The van der Waals surface area contributed by atoms with E-state index in [1.165, 1.54) is 19.4 Å². The molecule has 3 aliphatic heterocycles. The molecule has 0 saturated carbocycles. The summed E-state index contributed by atoms with van der Waals surface area (Å²) in [4.78, 5) is 33.3. The third-order valence-corrected chi connectivity index (χ3v) is 5.77. The van der Waals surface area contributed by atoms with Gasteiger partial charge in [0.2, 0.25) is 17.1 Å². The van der Waals surface area contributed by atoms with Crippen LogP contribution in [-0.4, -0.2) is 46.9 Å². The molecule has 138 valence electrons. The van der Waals surface area contributed by atoms with Crippen LogP contribution in [0.4, 0.5) is 0 Å². The summed E-state index contributed by atoms with van der Waals surface area (Å²) in [5.41, 5.74) is 2.56. The van der Waals surface area contributed by atoms with E-state index in [1.807, 2.05) is 10.3 Å². The average Bonchev–Trinajstić information content (AvgIpc) is 3.01. The van der Waals surface area contributed by atoms with Crippen molar-refractivity contribution in [1.82, 2.24) is 14.8 Å². The molecule has 2 atom stereocenters. The molecule has 5 heterocycles. The number of nitrogens with zero attached hydrogens (tertiary/aromatic N) is 3. The van der Waals surface area contributed by atoms with E-state index in [4.69, 9.17) is 9.15 Å². The van der Waals surface area contributed by atoms with Gasteiger partial charge in [-0.05, 0) is 12.8 Å². The summed E-state index contributed by atoms with van der Waals surface area (Å²) in [7, 11) is 1.45. The van der Waals surface area contributed by atoms with Crippen LogP contribution in [0.25, 0.3) is 0 Å². The minimum Gasteiger partial charge on any atom is -0.490 e. The summed E-state index contributed by atoms with van der Waals surface area (Å²) >= 11 is 1.55. The number of piperidine rings is 1. The Morgan fingerprint density at radius 2 is 2.19 bits per heavy atom. The molecule has 0 unspecified atom stereocenters. The zero-order chi connectivity index (χ0) is 18.1. The molecule has 8 heteroatoms.